The highest BCUT2D eigenvalue weighted by Crippen LogP contribution is 2.23. The van der Waals surface area contributed by atoms with Gasteiger partial charge in [-0.05, 0) is 68.6 Å². The zero-order chi connectivity index (χ0) is 21.9. The number of rotatable bonds is 9. The van der Waals surface area contributed by atoms with E-state index in [1.165, 1.54) is 13.0 Å². The van der Waals surface area contributed by atoms with E-state index in [9.17, 15) is 0 Å². The molecule has 2 N–H and O–H groups in total. The average molecular weight is 426 g/mol. The number of guanidine groups is 1. The van der Waals surface area contributed by atoms with Gasteiger partial charge in [-0.1, -0.05) is 6.92 Å². The molecule has 7 nitrogen and oxygen atoms in total. The molecule has 0 unspecified atom stereocenters. The fraction of sp³-hybridized carbons (Fsp3) is 0.500. The zero-order valence-corrected chi connectivity index (χ0v) is 18.9. The lowest BCUT2D eigenvalue weighted by Crippen LogP contribution is -2.48. The van der Waals surface area contributed by atoms with E-state index in [2.05, 4.69) is 32.4 Å². The van der Waals surface area contributed by atoms with Crippen molar-refractivity contribution >= 4 is 5.96 Å². The molecule has 0 radical (unpaired) electrons. The number of aliphatic imine (C=N–C) groups is 1. The summed E-state index contributed by atoms with van der Waals surface area (Å²) >= 11 is 0. The molecule has 0 atom stereocenters. The maximum atomic E-state index is 5.89. The highest BCUT2D eigenvalue weighted by atomic mass is 16.5. The number of piperidine rings is 1. The van der Waals surface area contributed by atoms with Crippen LogP contribution >= 0.6 is 0 Å². The largest absolute Gasteiger partial charge is 0.494 e. The quantitative estimate of drug-likeness (QED) is 0.470. The van der Waals surface area contributed by atoms with Crippen molar-refractivity contribution in [3.8, 4) is 17.4 Å². The van der Waals surface area contributed by atoms with E-state index in [1.54, 1.807) is 6.20 Å². The van der Waals surface area contributed by atoms with Gasteiger partial charge in [0.25, 0.3) is 0 Å². The van der Waals surface area contributed by atoms with E-state index >= 15 is 0 Å². The third-order valence-electron chi connectivity index (χ3n) is 5.31. The minimum atomic E-state index is 0.468. The Kier molecular flexibility index (Phi) is 8.97. The van der Waals surface area contributed by atoms with Crippen LogP contribution in [0.5, 0.6) is 17.4 Å². The third-order valence-corrected chi connectivity index (χ3v) is 5.31. The molecule has 1 saturated heterocycles. The lowest BCUT2D eigenvalue weighted by atomic mass is 10.1. The van der Waals surface area contributed by atoms with E-state index in [0.717, 1.165) is 49.0 Å². The molecule has 7 heteroatoms. The van der Waals surface area contributed by atoms with Crippen LogP contribution in [0.15, 0.2) is 47.6 Å². The zero-order valence-electron chi connectivity index (χ0n) is 18.9. The predicted octanol–water partition coefficient (Wildman–Crippen LogP) is 3.81. The van der Waals surface area contributed by atoms with Crippen LogP contribution in [0.25, 0.3) is 0 Å². The van der Waals surface area contributed by atoms with Crippen molar-refractivity contribution in [2.24, 2.45) is 4.99 Å². The normalized spacial score (nSPS) is 15.5. The summed E-state index contributed by atoms with van der Waals surface area (Å²) in [6.45, 7) is 9.00. The average Bonchev–Trinajstić information content (AvgIpc) is 2.80. The fourth-order valence-corrected chi connectivity index (χ4v) is 3.70. The lowest BCUT2D eigenvalue weighted by Gasteiger charge is -2.32. The highest BCUT2D eigenvalue weighted by Gasteiger charge is 2.19. The Hall–Kier alpha value is -2.80. The first-order valence-corrected chi connectivity index (χ1v) is 11.2. The molecule has 1 fully saturated rings. The number of pyridine rings is 1. The Balaban J connectivity index is 1.48. The number of nitrogens with one attached hydrogen (secondary N) is 2. The molecule has 0 aliphatic carbocycles. The number of likely N-dealkylation sites (tertiary alicyclic amines) is 1. The summed E-state index contributed by atoms with van der Waals surface area (Å²) in [5.41, 5.74) is 1.08. The Morgan fingerprint density at radius 1 is 1.13 bits per heavy atom. The smallest absolute Gasteiger partial charge is 0.219 e. The van der Waals surface area contributed by atoms with Gasteiger partial charge in [0.05, 0.1) is 6.61 Å². The van der Waals surface area contributed by atoms with Crippen LogP contribution < -0.4 is 20.1 Å². The summed E-state index contributed by atoms with van der Waals surface area (Å²) in [5, 5.41) is 6.97. The maximum absolute atomic E-state index is 5.89. The van der Waals surface area contributed by atoms with Gasteiger partial charge in [0.2, 0.25) is 5.88 Å². The number of benzene rings is 1. The molecule has 168 valence electrons. The molecule has 0 spiro atoms. The van der Waals surface area contributed by atoms with Crippen LogP contribution in [0.1, 0.15) is 38.7 Å². The fourth-order valence-electron chi connectivity index (χ4n) is 3.70. The third kappa shape index (κ3) is 7.43. The molecule has 1 aromatic carbocycles. The summed E-state index contributed by atoms with van der Waals surface area (Å²) < 4.78 is 11.4. The molecule has 3 rings (SSSR count). The highest BCUT2D eigenvalue weighted by molar-refractivity contribution is 5.79. The van der Waals surface area contributed by atoms with E-state index in [-0.39, 0.29) is 0 Å². The summed E-state index contributed by atoms with van der Waals surface area (Å²) in [4.78, 5) is 11.3. The molecular formula is C24H35N5O2. The second-order valence-corrected chi connectivity index (χ2v) is 7.69. The van der Waals surface area contributed by atoms with Crippen molar-refractivity contribution < 1.29 is 9.47 Å². The molecule has 0 saturated carbocycles. The number of hydrogen-bond acceptors (Lipinski definition) is 5. The Morgan fingerprint density at radius 3 is 2.55 bits per heavy atom. The van der Waals surface area contributed by atoms with Crippen LogP contribution in [0.2, 0.25) is 0 Å². The second kappa shape index (κ2) is 12.2. The van der Waals surface area contributed by atoms with Gasteiger partial charge in [0.15, 0.2) is 5.96 Å². The minimum Gasteiger partial charge on any atom is -0.494 e. The van der Waals surface area contributed by atoms with Crippen molar-refractivity contribution in [2.75, 3.05) is 33.3 Å². The van der Waals surface area contributed by atoms with Crippen molar-refractivity contribution in [3.63, 3.8) is 0 Å². The van der Waals surface area contributed by atoms with Crippen LogP contribution in [-0.2, 0) is 6.54 Å². The maximum Gasteiger partial charge on any atom is 0.219 e. The van der Waals surface area contributed by atoms with E-state index in [0.29, 0.717) is 25.1 Å². The van der Waals surface area contributed by atoms with Gasteiger partial charge < -0.3 is 25.0 Å². The minimum absolute atomic E-state index is 0.468. The van der Waals surface area contributed by atoms with Crippen LogP contribution in [-0.4, -0.2) is 55.2 Å². The van der Waals surface area contributed by atoms with Crippen LogP contribution in [0.4, 0.5) is 0 Å². The second-order valence-electron chi connectivity index (χ2n) is 7.69. The van der Waals surface area contributed by atoms with E-state index in [4.69, 9.17) is 9.47 Å². The van der Waals surface area contributed by atoms with Gasteiger partial charge in [-0.3, -0.25) is 4.99 Å². The number of aromatic nitrogens is 1. The van der Waals surface area contributed by atoms with E-state index < -0.39 is 0 Å². The molecule has 1 aromatic heterocycles. The number of nitrogens with zero attached hydrogens (tertiary/aromatic N) is 3. The summed E-state index contributed by atoms with van der Waals surface area (Å²) in [5.74, 6) is 2.96. The first-order valence-electron chi connectivity index (χ1n) is 11.2. The van der Waals surface area contributed by atoms with Crippen molar-refractivity contribution in [1.29, 1.82) is 0 Å². The van der Waals surface area contributed by atoms with Gasteiger partial charge in [0.1, 0.15) is 11.5 Å². The van der Waals surface area contributed by atoms with Crippen LogP contribution in [0, 0.1) is 0 Å². The van der Waals surface area contributed by atoms with E-state index in [1.807, 2.05) is 50.4 Å². The van der Waals surface area contributed by atoms with Gasteiger partial charge in [-0.25, -0.2) is 4.98 Å². The Bertz CT molecular complexity index is 817. The predicted molar refractivity (Wildman–Crippen MR) is 125 cm³/mol. The summed E-state index contributed by atoms with van der Waals surface area (Å²) in [6, 6.07) is 12.0. The molecule has 2 heterocycles. The topological polar surface area (TPSA) is 71.0 Å². The van der Waals surface area contributed by atoms with Gasteiger partial charge in [-0.2, -0.15) is 0 Å². The van der Waals surface area contributed by atoms with Gasteiger partial charge in [-0.15, -0.1) is 0 Å². The summed E-state index contributed by atoms with van der Waals surface area (Å²) in [7, 11) is 1.81. The molecule has 1 aliphatic rings. The first kappa shape index (κ1) is 22.9. The van der Waals surface area contributed by atoms with Crippen molar-refractivity contribution in [1.82, 2.24) is 20.5 Å². The number of ether oxygens (including phenoxy) is 2. The Labute approximate surface area is 185 Å². The van der Waals surface area contributed by atoms with Crippen LogP contribution in [0.3, 0.4) is 0 Å². The molecule has 0 amide bonds. The Morgan fingerprint density at radius 2 is 1.87 bits per heavy atom. The monoisotopic (exact) mass is 425 g/mol. The first-order chi connectivity index (χ1) is 15.2. The molecule has 1 aliphatic heterocycles. The standard InChI is InChI=1S/C24H35N5O2/c1-4-14-29-15-11-20(12-16-29)28-24(25-3)27-18-19-10-13-26-23(17-19)31-22-8-6-21(7-9-22)30-5-2/h6-10,13,17,20H,4-5,11-12,14-16,18H2,1-3H3,(H2,25,27,28). The molecular weight excluding hydrogens is 390 g/mol. The van der Waals surface area contributed by atoms with Gasteiger partial charge in [0, 0.05) is 45.0 Å². The molecule has 31 heavy (non-hydrogen) atoms. The summed E-state index contributed by atoms with van der Waals surface area (Å²) in [6.07, 6.45) is 5.28. The lowest BCUT2D eigenvalue weighted by molar-refractivity contribution is 0.206. The number of hydrogen-bond donors (Lipinski definition) is 2. The van der Waals surface area contributed by atoms with Crippen molar-refractivity contribution in [2.45, 2.75) is 45.7 Å². The van der Waals surface area contributed by atoms with Gasteiger partial charge >= 0.3 is 0 Å². The van der Waals surface area contributed by atoms with Crippen molar-refractivity contribution in [3.05, 3.63) is 48.2 Å². The molecule has 2 aromatic rings. The SMILES string of the molecule is CCCN1CCC(NC(=NC)NCc2ccnc(Oc3ccc(OCC)cc3)c2)CC1. The molecule has 0 bridgehead atoms.